The van der Waals surface area contributed by atoms with Crippen LogP contribution in [0.5, 0.6) is 0 Å². The van der Waals surface area contributed by atoms with Gasteiger partial charge >= 0.3 is 6.18 Å². The summed E-state index contributed by atoms with van der Waals surface area (Å²) in [6, 6.07) is 2.27. The van der Waals surface area contributed by atoms with Crippen LogP contribution in [0.15, 0.2) is 29.6 Å². The lowest BCUT2D eigenvalue weighted by Crippen LogP contribution is -2.27. The molecule has 2 heterocycles. The third-order valence-corrected chi connectivity index (χ3v) is 3.99. The molecule has 114 valence electrons. The van der Waals surface area contributed by atoms with Crippen molar-refractivity contribution in [3.05, 3.63) is 50.9 Å². The van der Waals surface area contributed by atoms with E-state index in [0.717, 1.165) is 30.6 Å². The highest BCUT2D eigenvalue weighted by Gasteiger charge is 2.32. The molecule has 1 aliphatic heterocycles. The summed E-state index contributed by atoms with van der Waals surface area (Å²) in [6.07, 6.45) is -1.50. The fraction of sp³-hybridized carbons (Fsp3) is 0.417. The quantitative estimate of drug-likeness (QED) is 0.633. The van der Waals surface area contributed by atoms with Crippen molar-refractivity contribution in [3.63, 3.8) is 0 Å². The Morgan fingerprint density at radius 1 is 1.48 bits per heavy atom. The summed E-state index contributed by atoms with van der Waals surface area (Å²) in [5, 5.41) is 11.1. The second-order valence-corrected chi connectivity index (χ2v) is 5.54. The molecule has 0 atom stereocenters. The lowest BCUT2D eigenvalue weighted by Gasteiger charge is -2.29. The molecule has 0 unspecified atom stereocenters. The summed E-state index contributed by atoms with van der Waals surface area (Å²) in [7, 11) is 0. The van der Waals surface area contributed by atoms with Crippen LogP contribution < -0.4 is 0 Å². The van der Waals surface area contributed by atoms with Gasteiger partial charge in [-0.2, -0.15) is 13.2 Å². The van der Waals surface area contributed by atoms with Crippen LogP contribution in [-0.4, -0.2) is 27.1 Å². The van der Waals surface area contributed by atoms with Crippen molar-refractivity contribution in [2.24, 2.45) is 0 Å². The first-order valence-corrected chi connectivity index (χ1v) is 7.10. The maximum atomic E-state index is 12.4. The molecule has 0 amide bonds. The molecule has 9 heteroatoms. The minimum Gasteiger partial charge on any atom is -0.357 e. The molecule has 0 bridgehead atoms. The van der Waals surface area contributed by atoms with Gasteiger partial charge in [0, 0.05) is 25.0 Å². The molecule has 1 fully saturated rings. The van der Waals surface area contributed by atoms with Crippen molar-refractivity contribution in [1.82, 2.24) is 9.88 Å². The topological polar surface area (TPSA) is 59.3 Å². The third kappa shape index (κ3) is 4.35. The first kappa shape index (κ1) is 15.6. The Bertz CT molecular complexity index is 546. The SMILES string of the molecule is O=[N+]([O-])C=C1SCCCN1Cc1ccc(C(F)(F)F)nc1. The minimum atomic E-state index is -4.46. The van der Waals surface area contributed by atoms with Gasteiger partial charge in [-0.3, -0.25) is 15.1 Å². The Kier molecular flexibility index (Phi) is 4.71. The molecule has 0 saturated carbocycles. The second-order valence-electron chi connectivity index (χ2n) is 4.43. The highest BCUT2D eigenvalue weighted by Crippen LogP contribution is 2.30. The number of halogens is 3. The molecule has 1 aromatic rings. The number of nitro groups is 1. The van der Waals surface area contributed by atoms with Crippen molar-refractivity contribution in [1.29, 1.82) is 0 Å². The second kappa shape index (κ2) is 6.33. The lowest BCUT2D eigenvalue weighted by molar-refractivity contribution is -0.403. The van der Waals surface area contributed by atoms with E-state index >= 15 is 0 Å². The van der Waals surface area contributed by atoms with Crippen molar-refractivity contribution in [3.8, 4) is 0 Å². The first-order chi connectivity index (χ1) is 9.86. The number of rotatable bonds is 3. The summed E-state index contributed by atoms with van der Waals surface area (Å²) in [5.74, 6) is 0.793. The van der Waals surface area contributed by atoms with Crippen LogP contribution in [0.3, 0.4) is 0 Å². The van der Waals surface area contributed by atoms with Gasteiger partial charge in [0.15, 0.2) is 0 Å². The zero-order chi connectivity index (χ0) is 15.5. The molecular formula is C12H12F3N3O2S. The van der Waals surface area contributed by atoms with Crippen LogP contribution in [0.2, 0.25) is 0 Å². The first-order valence-electron chi connectivity index (χ1n) is 6.11. The standard InChI is InChI=1S/C12H12F3N3O2S/c13-12(14,15)10-3-2-9(6-16-10)7-17-4-1-5-21-11(17)8-18(19)20/h2-3,6,8H,1,4-5,7H2. The highest BCUT2D eigenvalue weighted by atomic mass is 32.2. The molecule has 0 radical (unpaired) electrons. The Hall–Kier alpha value is -1.77. The van der Waals surface area contributed by atoms with Gasteiger partial charge in [-0.25, -0.2) is 0 Å². The summed E-state index contributed by atoms with van der Waals surface area (Å²) >= 11 is 1.37. The predicted molar refractivity (Wildman–Crippen MR) is 71.8 cm³/mol. The van der Waals surface area contributed by atoms with Crippen molar-refractivity contribution < 1.29 is 18.1 Å². The Morgan fingerprint density at radius 3 is 2.81 bits per heavy atom. The largest absolute Gasteiger partial charge is 0.433 e. The van der Waals surface area contributed by atoms with Crippen LogP contribution >= 0.6 is 11.8 Å². The molecular weight excluding hydrogens is 307 g/mol. The molecule has 5 nitrogen and oxygen atoms in total. The zero-order valence-electron chi connectivity index (χ0n) is 10.8. The van der Waals surface area contributed by atoms with Crippen LogP contribution in [0, 0.1) is 10.1 Å². The van der Waals surface area contributed by atoms with Gasteiger partial charge in [-0.05, 0) is 18.1 Å². The lowest BCUT2D eigenvalue weighted by atomic mass is 10.2. The van der Waals surface area contributed by atoms with Gasteiger partial charge < -0.3 is 4.90 Å². The number of alkyl halides is 3. The number of hydrogen-bond acceptors (Lipinski definition) is 5. The number of pyridine rings is 1. The van der Waals surface area contributed by atoms with E-state index in [1.165, 1.54) is 17.8 Å². The van der Waals surface area contributed by atoms with Gasteiger partial charge in [0.1, 0.15) is 10.7 Å². The van der Waals surface area contributed by atoms with Crippen LogP contribution in [0.25, 0.3) is 0 Å². The smallest absolute Gasteiger partial charge is 0.357 e. The van der Waals surface area contributed by atoms with Crippen molar-refractivity contribution in [2.75, 3.05) is 12.3 Å². The summed E-state index contributed by atoms with van der Waals surface area (Å²) in [5.41, 5.74) is -0.361. The molecule has 0 aliphatic carbocycles. The average molecular weight is 319 g/mol. The van der Waals surface area contributed by atoms with E-state index in [1.807, 2.05) is 0 Å². The fourth-order valence-corrected chi connectivity index (χ4v) is 2.89. The average Bonchev–Trinajstić information content (AvgIpc) is 2.40. The molecule has 21 heavy (non-hydrogen) atoms. The minimum absolute atomic E-state index is 0.303. The summed E-state index contributed by atoms with van der Waals surface area (Å²) < 4.78 is 37.3. The van der Waals surface area contributed by atoms with E-state index in [4.69, 9.17) is 0 Å². The fourth-order valence-electron chi connectivity index (χ4n) is 1.91. The summed E-state index contributed by atoms with van der Waals surface area (Å²) in [4.78, 5) is 15.2. The molecule has 1 saturated heterocycles. The van der Waals surface area contributed by atoms with Gasteiger partial charge in [-0.15, -0.1) is 11.8 Å². The van der Waals surface area contributed by atoms with E-state index in [1.54, 1.807) is 4.90 Å². The predicted octanol–water partition coefficient (Wildman–Crippen LogP) is 3.11. The zero-order valence-corrected chi connectivity index (χ0v) is 11.7. The van der Waals surface area contributed by atoms with Crippen molar-refractivity contribution in [2.45, 2.75) is 19.1 Å². The monoisotopic (exact) mass is 319 g/mol. The molecule has 2 rings (SSSR count). The highest BCUT2D eigenvalue weighted by molar-refractivity contribution is 8.03. The van der Waals surface area contributed by atoms with E-state index in [9.17, 15) is 23.3 Å². The normalized spacial score (nSPS) is 18.0. The van der Waals surface area contributed by atoms with E-state index in [2.05, 4.69) is 4.98 Å². The number of hydrogen-bond donors (Lipinski definition) is 0. The van der Waals surface area contributed by atoms with Gasteiger partial charge in [0.05, 0.1) is 4.92 Å². The van der Waals surface area contributed by atoms with E-state index in [0.29, 0.717) is 23.7 Å². The van der Waals surface area contributed by atoms with E-state index in [-0.39, 0.29) is 0 Å². The molecule has 0 aromatic carbocycles. The maximum absolute atomic E-state index is 12.4. The number of thioether (sulfide) groups is 1. The Labute approximate surface area is 123 Å². The maximum Gasteiger partial charge on any atom is 0.433 e. The molecule has 1 aromatic heterocycles. The van der Waals surface area contributed by atoms with Crippen LogP contribution in [0.4, 0.5) is 13.2 Å². The van der Waals surface area contributed by atoms with Gasteiger partial charge in [-0.1, -0.05) is 6.07 Å². The summed E-state index contributed by atoms with van der Waals surface area (Å²) in [6.45, 7) is 0.936. The van der Waals surface area contributed by atoms with Gasteiger partial charge in [0.25, 0.3) is 6.20 Å². The van der Waals surface area contributed by atoms with Crippen LogP contribution in [-0.2, 0) is 12.7 Å². The Morgan fingerprint density at radius 2 is 2.24 bits per heavy atom. The Balaban J connectivity index is 2.11. The van der Waals surface area contributed by atoms with Crippen LogP contribution in [0.1, 0.15) is 17.7 Å². The molecule has 0 N–H and O–H groups in total. The molecule has 1 aliphatic rings. The van der Waals surface area contributed by atoms with Crippen molar-refractivity contribution >= 4 is 11.8 Å². The third-order valence-electron chi connectivity index (χ3n) is 2.84. The number of nitrogens with zero attached hydrogens (tertiary/aromatic N) is 3. The van der Waals surface area contributed by atoms with E-state index < -0.39 is 16.8 Å². The molecule has 0 spiro atoms. The number of aromatic nitrogens is 1. The van der Waals surface area contributed by atoms with Gasteiger partial charge in [0.2, 0.25) is 0 Å².